The highest BCUT2D eigenvalue weighted by Crippen LogP contribution is 2.42. The molecule has 110 valence electrons. The van der Waals surface area contributed by atoms with Gasteiger partial charge in [0.2, 0.25) is 0 Å². The number of nitro benzene ring substituents is 1. The van der Waals surface area contributed by atoms with Crippen molar-refractivity contribution in [2.24, 2.45) is 11.7 Å². The van der Waals surface area contributed by atoms with Gasteiger partial charge in [0.05, 0.1) is 30.8 Å². The van der Waals surface area contributed by atoms with Crippen LogP contribution in [0.2, 0.25) is 0 Å². The van der Waals surface area contributed by atoms with Crippen molar-refractivity contribution in [2.45, 2.75) is 31.7 Å². The molecule has 6 nitrogen and oxygen atoms in total. The van der Waals surface area contributed by atoms with Crippen LogP contribution in [0.15, 0.2) is 12.1 Å². The van der Waals surface area contributed by atoms with Gasteiger partial charge in [-0.3, -0.25) is 10.1 Å². The van der Waals surface area contributed by atoms with Crippen LogP contribution in [0.3, 0.4) is 0 Å². The summed E-state index contributed by atoms with van der Waals surface area (Å²) in [6.07, 6.45) is 4.32. The van der Waals surface area contributed by atoms with Gasteiger partial charge in [-0.2, -0.15) is 0 Å². The van der Waals surface area contributed by atoms with Crippen LogP contribution < -0.4 is 15.2 Å². The normalized spacial score (nSPS) is 16.9. The molecule has 0 aromatic heterocycles. The third-order valence-electron chi connectivity index (χ3n) is 4.00. The third kappa shape index (κ3) is 2.70. The standard InChI is InChI=1S/C14H20N2O4/c1-19-12-7-10(14(15)9-5-3-4-6-9)11(16(17)18)8-13(12)20-2/h7-9,14H,3-6,15H2,1-2H3/t14-/m0/s1. The van der Waals surface area contributed by atoms with Crippen molar-refractivity contribution in [3.05, 3.63) is 27.8 Å². The molecule has 1 fully saturated rings. The average Bonchev–Trinajstić information content (AvgIpc) is 2.98. The quantitative estimate of drug-likeness (QED) is 0.662. The lowest BCUT2D eigenvalue weighted by atomic mass is 9.91. The van der Waals surface area contributed by atoms with Crippen LogP contribution in [0.4, 0.5) is 5.69 Å². The van der Waals surface area contributed by atoms with E-state index in [2.05, 4.69) is 0 Å². The topological polar surface area (TPSA) is 87.6 Å². The van der Waals surface area contributed by atoms with Crippen LogP contribution in [0.25, 0.3) is 0 Å². The summed E-state index contributed by atoms with van der Waals surface area (Å²) in [6, 6.07) is 2.70. The average molecular weight is 280 g/mol. The van der Waals surface area contributed by atoms with Crippen molar-refractivity contribution < 1.29 is 14.4 Å². The molecule has 1 aliphatic carbocycles. The van der Waals surface area contributed by atoms with E-state index in [9.17, 15) is 10.1 Å². The summed E-state index contributed by atoms with van der Waals surface area (Å²) in [5.41, 5.74) is 6.78. The maximum Gasteiger partial charge on any atom is 0.278 e. The Hall–Kier alpha value is -1.82. The van der Waals surface area contributed by atoms with Gasteiger partial charge in [-0.1, -0.05) is 12.8 Å². The molecule has 0 radical (unpaired) electrons. The van der Waals surface area contributed by atoms with Gasteiger partial charge in [0.15, 0.2) is 11.5 Å². The Morgan fingerprint density at radius 2 is 1.80 bits per heavy atom. The molecule has 0 amide bonds. The van der Waals surface area contributed by atoms with E-state index in [0.717, 1.165) is 25.7 Å². The largest absolute Gasteiger partial charge is 0.493 e. The summed E-state index contributed by atoms with van der Waals surface area (Å²) < 4.78 is 10.3. The molecule has 2 N–H and O–H groups in total. The van der Waals surface area contributed by atoms with Crippen LogP contribution in [0.1, 0.15) is 37.3 Å². The predicted molar refractivity (Wildman–Crippen MR) is 75.1 cm³/mol. The molecule has 6 heteroatoms. The lowest BCUT2D eigenvalue weighted by Gasteiger charge is -2.20. The second-order valence-electron chi connectivity index (χ2n) is 5.09. The van der Waals surface area contributed by atoms with E-state index in [1.165, 1.54) is 20.3 Å². The zero-order chi connectivity index (χ0) is 14.7. The van der Waals surface area contributed by atoms with Gasteiger partial charge in [0, 0.05) is 6.04 Å². The maximum atomic E-state index is 11.3. The molecular formula is C14H20N2O4. The lowest BCUT2D eigenvalue weighted by molar-refractivity contribution is -0.385. The fraction of sp³-hybridized carbons (Fsp3) is 0.571. The number of nitrogens with zero attached hydrogens (tertiary/aromatic N) is 1. The van der Waals surface area contributed by atoms with Gasteiger partial charge in [-0.25, -0.2) is 0 Å². The molecule has 0 bridgehead atoms. The Morgan fingerprint density at radius 1 is 1.25 bits per heavy atom. The minimum absolute atomic E-state index is 0.00190. The lowest BCUT2D eigenvalue weighted by Crippen LogP contribution is -2.20. The van der Waals surface area contributed by atoms with Crippen LogP contribution in [0.5, 0.6) is 11.5 Å². The fourth-order valence-corrected chi connectivity index (χ4v) is 2.88. The Morgan fingerprint density at radius 3 is 2.30 bits per heavy atom. The Bertz CT molecular complexity index is 498. The second kappa shape index (κ2) is 6.09. The number of ether oxygens (including phenoxy) is 2. The first-order valence-corrected chi connectivity index (χ1v) is 6.74. The monoisotopic (exact) mass is 280 g/mol. The van der Waals surface area contributed by atoms with Gasteiger partial charge in [-0.15, -0.1) is 0 Å². The van der Waals surface area contributed by atoms with Crippen molar-refractivity contribution in [1.82, 2.24) is 0 Å². The number of hydrogen-bond acceptors (Lipinski definition) is 5. The first-order chi connectivity index (χ1) is 9.58. The highest BCUT2D eigenvalue weighted by Gasteiger charge is 2.30. The van der Waals surface area contributed by atoms with E-state index >= 15 is 0 Å². The molecule has 1 aromatic carbocycles. The first-order valence-electron chi connectivity index (χ1n) is 6.74. The summed E-state index contributed by atoms with van der Waals surface area (Å²) >= 11 is 0. The van der Waals surface area contributed by atoms with Crippen LogP contribution in [-0.2, 0) is 0 Å². The molecule has 1 atom stereocenters. The van der Waals surface area contributed by atoms with Gasteiger partial charge >= 0.3 is 0 Å². The Labute approximate surface area is 118 Å². The van der Waals surface area contributed by atoms with E-state index in [4.69, 9.17) is 15.2 Å². The number of nitro groups is 1. The number of nitrogens with two attached hydrogens (primary N) is 1. The SMILES string of the molecule is COc1cc([C@@H](N)C2CCCC2)c([N+](=O)[O-])cc1OC. The van der Waals surface area contributed by atoms with E-state index in [-0.39, 0.29) is 11.7 Å². The van der Waals surface area contributed by atoms with Gasteiger partial charge < -0.3 is 15.2 Å². The van der Waals surface area contributed by atoms with Gasteiger partial charge in [0.25, 0.3) is 5.69 Å². The zero-order valence-electron chi connectivity index (χ0n) is 11.8. The van der Waals surface area contributed by atoms with Crippen molar-refractivity contribution in [1.29, 1.82) is 0 Å². The van der Waals surface area contributed by atoms with Crippen LogP contribution in [0, 0.1) is 16.0 Å². The van der Waals surface area contributed by atoms with Crippen molar-refractivity contribution in [3.63, 3.8) is 0 Å². The van der Waals surface area contributed by atoms with E-state index in [1.807, 2.05) is 0 Å². The molecule has 1 aromatic rings. The summed E-state index contributed by atoms with van der Waals surface area (Å²) in [7, 11) is 2.96. The molecule has 0 aliphatic heterocycles. The molecule has 0 spiro atoms. The molecule has 1 aliphatic rings. The minimum atomic E-state index is -0.411. The summed E-state index contributed by atoms with van der Waals surface area (Å²) in [5.74, 6) is 1.12. The maximum absolute atomic E-state index is 11.3. The fourth-order valence-electron chi connectivity index (χ4n) is 2.88. The number of hydrogen-bond donors (Lipinski definition) is 1. The summed E-state index contributed by atoms with van der Waals surface area (Å²) in [5, 5.41) is 11.3. The number of methoxy groups -OCH3 is 2. The zero-order valence-corrected chi connectivity index (χ0v) is 11.8. The highest BCUT2D eigenvalue weighted by atomic mass is 16.6. The second-order valence-corrected chi connectivity index (χ2v) is 5.09. The first kappa shape index (κ1) is 14.6. The van der Waals surface area contributed by atoms with Crippen LogP contribution >= 0.6 is 0 Å². The molecule has 1 saturated carbocycles. The van der Waals surface area contributed by atoms with E-state index in [0.29, 0.717) is 23.0 Å². The smallest absolute Gasteiger partial charge is 0.278 e. The molecule has 2 rings (SSSR count). The molecule has 0 unspecified atom stereocenters. The predicted octanol–water partition coefficient (Wildman–Crippen LogP) is 2.80. The molecule has 20 heavy (non-hydrogen) atoms. The van der Waals surface area contributed by atoms with Crippen LogP contribution in [-0.4, -0.2) is 19.1 Å². The molecular weight excluding hydrogens is 260 g/mol. The number of rotatable bonds is 5. The Balaban J connectivity index is 2.45. The summed E-state index contributed by atoms with van der Waals surface area (Å²) in [4.78, 5) is 10.9. The molecule has 0 heterocycles. The Kier molecular flexibility index (Phi) is 4.44. The summed E-state index contributed by atoms with van der Waals surface area (Å²) in [6.45, 7) is 0. The molecule has 0 saturated heterocycles. The van der Waals surface area contributed by atoms with Gasteiger partial charge in [-0.05, 0) is 24.8 Å². The van der Waals surface area contributed by atoms with E-state index < -0.39 is 4.92 Å². The van der Waals surface area contributed by atoms with Crippen molar-refractivity contribution in [2.75, 3.05) is 14.2 Å². The van der Waals surface area contributed by atoms with Crippen molar-refractivity contribution >= 4 is 5.69 Å². The van der Waals surface area contributed by atoms with E-state index in [1.54, 1.807) is 6.07 Å². The third-order valence-corrected chi connectivity index (χ3v) is 4.00. The van der Waals surface area contributed by atoms with Crippen molar-refractivity contribution in [3.8, 4) is 11.5 Å². The highest BCUT2D eigenvalue weighted by molar-refractivity contribution is 5.55. The number of benzene rings is 1. The van der Waals surface area contributed by atoms with Gasteiger partial charge in [0.1, 0.15) is 0 Å². The minimum Gasteiger partial charge on any atom is -0.493 e.